The van der Waals surface area contributed by atoms with Crippen LogP contribution in [0, 0.1) is 0 Å². The average Bonchev–Trinajstić information content (AvgIpc) is 2.25. The maximum Gasteiger partial charge on any atom is 1.00 e. The quantitative estimate of drug-likeness (QED) is 0.171. The van der Waals surface area contributed by atoms with Crippen molar-refractivity contribution in [2.75, 3.05) is 11.6 Å². The SMILES string of the molecule is [Na+].[O-]OOSc1ccc(SCCCl)cc1. The molecule has 78 valence electrons. The van der Waals surface area contributed by atoms with Gasteiger partial charge in [0, 0.05) is 21.4 Å². The fraction of sp³-hybridized carbons (Fsp3) is 0.250. The van der Waals surface area contributed by atoms with Crippen LogP contribution in [0.1, 0.15) is 0 Å². The van der Waals surface area contributed by atoms with Gasteiger partial charge >= 0.3 is 29.6 Å². The van der Waals surface area contributed by atoms with Crippen molar-refractivity contribution in [2.24, 2.45) is 0 Å². The Bertz CT molecular complexity index is 234. The van der Waals surface area contributed by atoms with Crippen molar-refractivity contribution in [2.45, 2.75) is 9.79 Å². The van der Waals surface area contributed by atoms with Gasteiger partial charge in [-0.05, 0) is 24.3 Å². The summed E-state index contributed by atoms with van der Waals surface area (Å²) in [4.78, 5) is 1.95. The Labute approximate surface area is 124 Å². The van der Waals surface area contributed by atoms with Gasteiger partial charge < -0.3 is 5.26 Å². The first-order valence-electron chi connectivity index (χ1n) is 3.79. The minimum absolute atomic E-state index is 0. The summed E-state index contributed by atoms with van der Waals surface area (Å²) in [7, 11) is 0. The topological polar surface area (TPSA) is 41.5 Å². The predicted molar refractivity (Wildman–Crippen MR) is 55.9 cm³/mol. The second kappa shape index (κ2) is 10.3. The van der Waals surface area contributed by atoms with E-state index in [9.17, 15) is 5.26 Å². The maximum atomic E-state index is 9.55. The number of rotatable bonds is 6. The molecule has 1 aromatic rings. The fourth-order valence-corrected chi connectivity index (χ4v) is 2.03. The zero-order valence-electron chi connectivity index (χ0n) is 8.14. The summed E-state index contributed by atoms with van der Waals surface area (Å²) in [5, 5.41) is 12.8. The van der Waals surface area contributed by atoms with Crippen LogP contribution >= 0.6 is 35.4 Å². The average molecular weight is 275 g/mol. The molecular weight excluding hydrogens is 267 g/mol. The maximum absolute atomic E-state index is 9.55. The molecule has 0 fully saturated rings. The van der Waals surface area contributed by atoms with Crippen molar-refractivity contribution in [1.29, 1.82) is 0 Å². The van der Waals surface area contributed by atoms with Crippen molar-refractivity contribution in [3.8, 4) is 0 Å². The molecule has 7 heteroatoms. The van der Waals surface area contributed by atoms with E-state index in [0.29, 0.717) is 5.88 Å². The first-order chi connectivity index (χ1) is 6.86. The zero-order chi connectivity index (χ0) is 10.2. The molecule has 0 radical (unpaired) electrons. The Morgan fingerprint density at radius 3 is 2.33 bits per heavy atom. The summed E-state index contributed by atoms with van der Waals surface area (Å²) < 4.78 is 4.17. The Hall–Kier alpha value is 1.09. The van der Waals surface area contributed by atoms with Crippen LogP contribution in [-0.4, -0.2) is 11.6 Å². The molecule has 1 rings (SSSR count). The third kappa shape index (κ3) is 7.10. The van der Waals surface area contributed by atoms with E-state index in [4.69, 9.17) is 11.6 Å². The van der Waals surface area contributed by atoms with Crippen LogP contribution in [0.2, 0.25) is 0 Å². The molecule has 0 aliphatic carbocycles. The molecule has 0 amide bonds. The number of hydrogen-bond donors (Lipinski definition) is 0. The van der Waals surface area contributed by atoms with Crippen LogP contribution in [0.4, 0.5) is 0 Å². The van der Waals surface area contributed by atoms with E-state index in [-0.39, 0.29) is 29.6 Å². The Kier molecular flexibility index (Phi) is 11.0. The molecule has 0 aromatic heterocycles. The van der Waals surface area contributed by atoms with Gasteiger partial charge in [0.15, 0.2) is 0 Å². The molecule has 0 saturated heterocycles. The molecule has 0 saturated carbocycles. The number of thioether (sulfide) groups is 1. The first-order valence-corrected chi connectivity index (χ1v) is 6.05. The van der Waals surface area contributed by atoms with Crippen LogP contribution < -0.4 is 34.8 Å². The van der Waals surface area contributed by atoms with E-state index >= 15 is 0 Å². The molecule has 0 aliphatic heterocycles. The summed E-state index contributed by atoms with van der Waals surface area (Å²) in [6.07, 6.45) is 0. The molecule has 0 aliphatic rings. The van der Waals surface area contributed by atoms with Crippen molar-refractivity contribution < 1.29 is 44.2 Å². The van der Waals surface area contributed by atoms with Crippen LogP contribution in [0.3, 0.4) is 0 Å². The Morgan fingerprint density at radius 2 is 1.80 bits per heavy atom. The van der Waals surface area contributed by atoms with Gasteiger partial charge in [-0.1, -0.05) is 0 Å². The van der Waals surface area contributed by atoms with Crippen LogP contribution in [0.15, 0.2) is 34.1 Å². The normalized spacial score (nSPS) is 9.73. The summed E-state index contributed by atoms with van der Waals surface area (Å²) in [6.45, 7) is 0. The monoisotopic (exact) mass is 274 g/mol. The molecule has 0 bridgehead atoms. The molecular formula is C8H8ClNaO3S2. The summed E-state index contributed by atoms with van der Waals surface area (Å²) in [5.41, 5.74) is 0. The van der Waals surface area contributed by atoms with Gasteiger partial charge in [-0.3, -0.25) is 5.04 Å². The zero-order valence-corrected chi connectivity index (χ0v) is 12.5. The largest absolute Gasteiger partial charge is 1.00 e. The van der Waals surface area contributed by atoms with E-state index in [2.05, 4.69) is 9.37 Å². The second-order valence-electron chi connectivity index (χ2n) is 2.23. The number of hydrogen-bond acceptors (Lipinski definition) is 5. The Balaban J connectivity index is 0.00000196. The van der Waals surface area contributed by atoms with Gasteiger partial charge in [0.2, 0.25) is 0 Å². The van der Waals surface area contributed by atoms with Crippen LogP contribution in [-0.2, 0) is 9.37 Å². The predicted octanol–water partition coefficient (Wildman–Crippen LogP) is -0.748. The molecule has 0 heterocycles. The van der Waals surface area contributed by atoms with Crippen molar-refractivity contribution >= 4 is 35.4 Å². The summed E-state index contributed by atoms with van der Waals surface area (Å²) >= 11 is 8.12. The molecule has 3 nitrogen and oxygen atoms in total. The van der Waals surface area contributed by atoms with Gasteiger partial charge in [-0.15, -0.1) is 23.4 Å². The van der Waals surface area contributed by atoms with Gasteiger partial charge in [0.25, 0.3) is 0 Å². The molecule has 1 aromatic carbocycles. The minimum atomic E-state index is 0. The fourth-order valence-electron chi connectivity index (χ4n) is 0.801. The number of alkyl halides is 1. The van der Waals surface area contributed by atoms with Gasteiger partial charge in [-0.2, -0.15) is 4.33 Å². The molecule has 0 atom stereocenters. The molecule has 15 heavy (non-hydrogen) atoms. The number of halogens is 1. The molecule has 0 spiro atoms. The number of benzene rings is 1. The van der Waals surface area contributed by atoms with Crippen LogP contribution in [0.5, 0.6) is 0 Å². The van der Waals surface area contributed by atoms with Crippen molar-refractivity contribution in [1.82, 2.24) is 0 Å². The van der Waals surface area contributed by atoms with Crippen LogP contribution in [0.25, 0.3) is 0 Å². The minimum Gasteiger partial charge on any atom is -0.691 e. The molecule has 0 unspecified atom stereocenters. The smallest absolute Gasteiger partial charge is 0.691 e. The third-order valence-corrected chi connectivity index (χ3v) is 3.34. The van der Waals surface area contributed by atoms with Crippen molar-refractivity contribution in [3.63, 3.8) is 0 Å². The molecule has 0 N–H and O–H groups in total. The van der Waals surface area contributed by atoms with E-state index < -0.39 is 0 Å². The second-order valence-corrected chi connectivity index (χ2v) is 4.55. The van der Waals surface area contributed by atoms with Crippen molar-refractivity contribution in [3.05, 3.63) is 24.3 Å². The van der Waals surface area contributed by atoms with E-state index in [1.54, 1.807) is 11.8 Å². The van der Waals surface area contributed by atoms with Gasteiger partial charge in [0.05, 0.1) is 12.0 Å². The standard InChI is InChI=1S/C8H9ClO3S2.Na/c9-5-6-13-7-1-3-8(4-2-7)14-12-11-10;/h1-4,10H,5-6H2;/q;+1/p-1. The van der Waals surface area contributed by atoms with E-state index in [1.165, 1.54) is 0 Å². The first kappa shape index (κ1) is 16.1. The summed E-state index contributed by atoms with van der Waals surface area (Å²) in [5.74, 6) is 1.52. The van der Waals surface area contributed by atoms with E-state index in [0.717, 1.165) is 27.6 Å². The third-order valence-electron chi connectivity index (χ3n) is 1.33. The summed E-state index contributed by atoms with van der Waals surface area (Å²) in [6, 6.07) is 7.57. The van der Waals surface area contributed by atoms with E-state index in [1.807, 2.05) is 24.3 Å². The van der Waals surface area contributed by atoms with Gasteiger partial charge in [-0.25, -0.2) is 0 Å². The van der Waals surface area contributed by atoms with Gasteiger partial charge in [0.1, 0.15) is 0 Å². The Morgan fingerprint density at radius 1 is 1.20 bits per heavy atom.